The molecule has 23 heavy (non-hydrogen) atoms. The van der Waals surface area contributed by atoms with Gasteiger partial charge in [-0.1, -0.05) is 49.6 Å². The molecule has 1 saturated heterocycles. The van der Waals surface area contributed by atoms with Gasteiger partial charge in [0.15, 0.2) is 0 Å². The Morgan fingerprint density at radius 2 is 1.57 bits per heavy atom. The zero-order valence-corrected chi connectivity index (χ0v) is 14.8. The molecular formula is C21H34NO+. The molecule has 1 N–H and O–H groups in total. The van der Waals surface area contributed by atoms with Crippen LogP contribution < -0.4 is 0 Å². The Morgan fingerprint density at radius 1 is 0.957 bits per heavy atom. The van der Waals surface area contributed by atoms with Crippen LogP contribution in [0.1, 0.15) is 63.4 Å². The van der Waals surface area contributed by atoms with E-state index in [9.17, 15) is 5.11 Å². The molecule has 0 radical (unpaired) electrons. The van der Waals surface area contributed by atoms with Crippen molar-refractivity contribution in [1.82, 2.24) is 0 Å². The van der Waals surface area contributed by atoms with E-state index < -0.39 is 5.60 Å². The van der Waals surface area contributed by atoms with Gasteiger partial charge in [0, 0.05) is 6.42 Å². The maximum atomic E-state index is 11.7. The van der Waals surface area contributed by atoms with Gasteiger partial charge in [-0.2, -0.15) is 0 Å². The van der Waals surface area contributed by atoms with Gasteiger partial charge in [0.25, 0.3) is 0 Å². The van der Waals surface area contributed by atoms with Gasteiger partial charge in [0.1, 0.15) is 0 Å². The molecule has 2 fully saturated rings. The van der Waals surface area contributed by atoms with Crippen molar-refractivity contribution in [3.63, 3.8) is 0 Å². The molecule has 2 aliphatic rings. The van der Waals surface area contributed by atoms with Gasteiger partial charge in [0.2, 0.25) is 0 Å². The van der Waals surface area contributed by atoms with Crippen molar-refractivity contribution in [2.24, 2.45) is 5.92 Å². The fraction of sp³-hybridized carbons (Fsp3) is 0.714. The first-order chi connectivity index (χ1) is 11.1. The summed E-state index contributed by atoms with van der Waals surface area (Å²) in [5.74, 6) is 0.440. The third-order valence-electron chi connectivity index (χ3n) is 6.48. The fourth-order valence-electron chi connectivity index (χ4n) is 4.83. The number of hydrogen-bond donors (Lipinski definition) is 1. The molecule has 2 heteroatoms. The van der Waals surface area contributed by atoms with Gasteiger partial charge in [-0.15, -0.1) is 0 Å². The maximum absolute atomic E-state index is 11.7. The summed E-state index contributed by atoms with van der Waals surface area (Å²) in [5.41, 5.74) is 0.524. The lowest BCUT2D eigenvalue weighted by Crippen LogP contribution is -2.51. The third-order valence-corrected chi connectivity index (χ3v) is 6.48. The van der Waals surface area contributed by atoms with Crippen LogP contribution in [-0.4, -0.2) is 36.3 Å². The van der Waals surface area contributed by atoms with Crippen molar-refractivity contribution in [2.75, 3.05) is 26.7 Å². The highest BCUT2D eigenvalue weighted by molar-refractivity contribution is 5.23. The van der Waals surface area contributed by atoms with Crippen LogP contribution in [0.25, 0.3) is 0 Å². The smallest absolute Gasteiger partial charge is 0.0978 e. The Morgan fingerprint density at radius 3 is 2.22 bits per heavy atom. The molecule has 3 rings (SSSR count). The van der Waals surface area contributed by atoms with Crippen LogP contribution in [0.5, 0.6) is 0 Å². The van der Waals surface area contributed by atoms with Crippen LogP contribution in [-0.2, 0) is 5.60 Å². The number of hydrogen-bond acceptors (Lipinski definition) is 1. The van der Waals surface area contributed by atoms with E-state index in [0.29, 0.717) is 5.92 Å². The summed E-state index contributed by atoms with van der Waals surface area (Å²) in [6.07, 6.45) is 11.3. The Kier molecular flexibility index (Phi) is 5.43. The van der Waals surface area contributed by atoms with Crippen LogP contribution in [0.3, 0.4) is 0 Å². The van der Waals surface area contributed by atoms with E-state index in [1.807, 2.05) is 0 Å². The van der Waals surface area contributed by atoms with Crippen molar-refractivity contribution >= 4 is 0 Å². The van der Waals surface area contributed by atoms with Crippen LogP contribution in [0.4, 0.5) is 0 Å². The van der Waals surface area contributed by atoms with E-state index in [-0.39, 0.29) is 0 Å². The molecule has 1 aromatic rings. The molecule has 128 valence electrons. The highest BCUT2D eigenvalue weighted by atomic mass is 16.3. The second-order valence-corrected chi connectivity index (χ2v) is 8.23. The zero-order chi connectivity index (χ0) is 16.2. The van der Waals surface area contributed by atoms with Crippen molar-refractivity contribution in [3.8, 4) is 0 Å². The molecule has 0 aromatic heterocycles. The average molecular weight is 317 g/mol. The number of rotatable bonds is 5. The number of piperidine rings is 1. The van der Waals surface area contributed by atoms with Crippen molar-refractivity contribution in [1.29, 1.82) is 0 Å². The quantitative estimate of drug-likeness (QED) is 0.794. The molecule has 1 atom stereocenters. The number of quaternary nitrogens is 1. The monoisotopic (exact) mass is 316 g/mol. The molecule has 1 aliphatic carbocycles. The summed E-state index contributed by atoms with van der Waals surface area (Å²) < 4.78 is 1.15. The molecule has 0 amide bonds. The van der Waals surface area contributed by atoms with Crippen LogP contribution in [0, 0.1) is 5.92 Å². The number of aliphatic hydroxyl groups is 1. The molecular weight excluding hydrogens is 282 g/mol. The second kappa shape index (κ2) is 7.36. The molecule has 2 nitrogen and oxygen atoms in total. The molecule has 0 bridgehead atoms. The van der Waals surface area contributed by atoms with Gasteiger partial charge in [-0.25, -0.2) is 0 Å². The minimum absolute atomic E-state index is 0.440. The summed E-state index contributed by atoms with van der Waals surface area (Å²) in [4.78, 5) is 0. The molecule has 1 unspecified atom stereocenters. The summed E-state index contributed by atoms with van der Waals surface area (Å²) in [6, 6.07) is 10.5. The zero-order valence-electron chi connectivity index (χ0n) is 14.8. The van der Waals surface area contributed by atoms with Crippen molar-refractivity contribution in [2.45, 2.75) is 63.4 Å². The number of benzene rings is 1. The van der Waals surface area contributed by atoms with Crippen LogP contribution in [0.2, 0.25) is 0 Å². The number of likely N-dealkylation sites (tertiary alicyclic amines) is 1. The lowest BCUT2D eigenvalue weighted by Gasteiger charge is -2.43. The Hall–Kier alpha value is -0.860. The Labute approximate surface area is 142 Å². The molecule has 1 heterocycles. The van der Waals surface area contributed by atoms with E-state index >= 15 is 0 Å². The largest absolute Gasteiger partial charge is 0.385 e. The maximum Gasteiger partial charge on any atom is 0.0978 e. The predicted molar refractivity (Wildman–Crippen MR) is 96.2 cm³/mol. The molecule has 1 aromatic carbocycles. The minimum atomic E-state index is -0.625. The highest BCUT2D eigenvalue weighted by Gasteiger charge is 2.41. The van der Waals surface area contributed by atoms with E-state index in [1.165, 1.54) is 64.5 Å². The third kappa shape index (κ3) is 3.97. The summed E-state index contributed by atoms with van der Waals surface area (Å²) in [6.45, 7) is 3.69. The van der Waals surface area contributed by atoms with Gasteiger partial charge in [-0.3, -0.25) is 0 Å². The van der Waals surface area contributed by atoms with E-state index in [0.717, 1.165) is 23.0 Å². The summed E-state index contributed by atoms with van der Waals surface area (Å²) >= 11 is 0. The second-order valence-electron chi connectivity index (χ2n) is 8.23. The van der Waals surface area contributed by atoms with Gasteiger partial charge >= 0.3 is 0 Å². The predicted octanol–water partition coefficient (Wildman–Crippen LogP) is 4.48. The van der Waals surface area contributed by atoms with Crippen LogP contribution in [0.15, 0.2) is 30.3 Å². The first-order valence-corrected chi connectivity index (χ1v) is 9.74. The van der Waals surface area contributed by atoms with E-state index in [2.05, 4.69) is 37.4 Å². The Balaban J connectivity index is 1.77. The summed E-state index contributed by atoms with van der Waals surface area (Å²) in [5, 5.41) is 11.7. The average Bonchev–Trinajstić information content (AvgIpc) is 2.62. The molecule has 1 saturated carbocycles. The highest BCUT2D eigenvalue weighted by Crippen LogP contribution is 2.42. The van der Waals surface area contributed by atoms with E-state index in [1.54, 1.807) is 0 Å². The van der Waals surface area contributed by atoms with Crippen molar-refractivity contribution in [3.05, 3.63) is 35.9 Å². The van der Waals surface area contributed by atoms with E-state index in [4.69, 9.17) is 0 Å². The van der Waals surface area contributed by atoms with Gasteiger partial charge < -0.3 is 9.59 Å². The summed E-state index contributed by atoms with van der Waals surface area (Å²) in [7, 11) is 2.39. The first kappa shape index (κ1) is 17.0. The van der Waals surface area contributed by atoms with Crippen LogP contribution >= 0.6 is 0 Å². The minimum Gasteiger partial charge on any atom is -0.385 e. The lowest BCUT2D eigenvalue weighted by molar-refractivity contribution is -0.915. The van der Waals surface area contributed by atoms with Gasteiger partial charge in [-0.05, 0) is 43.6 Å². The van der Waals surface area contributed by atoms with Crippen molar-refractivity contribution < 1.29 is 9.59 Å². The molecule has 1 aliphatic heterocycles. The SMILES string of the molecule is C[N+]1(CCC(O)(c2ccccc2)C2CCCCC2)CCCCC1. The van der Waals surface area contributed by atoms with Gasteiger partial charge in [0.05, 0.1) is 32.3 Å². The number of nitrogens with zero attached hydrogens (tertiary/aromatic N) is 1. The lowest BCUT2D eigenvalue weighted by atomic mass is 9.71. The molecule has 0 spiro atoms. The normalized spacial score (nSPS) is 25.0. The fourth-order valence-corrected chi connectivity index (χ4v) is 4.83. The first-order valence-electron chi connectivity index (χ1n) is 9.74. The standard InChI is InChI=1S/C21H34NO/c1-22(16-9-4-10-17-22)18-15-21(23,19-11-5-2-6-12-19)20-13-7-3-8-14-20/h2,5-6,11-12,20,23H,3-4,7-10,13-18H2,1H3/q+1. The topological polar surface area (TPSA) is 20.2 Å². The Bertz CT molecular complexity index is 474.